The minimum atomic E-state index is -0.535. The summed E-state index contributed by atoms with van der Waals surface area (Å²) < 4.78 is 0. The van der Waals surface area contributed by atoms with Gasteiger partial charge >= 0.3 is 0 Å². The van der Waals surface area contributed by atoms with E-state index >= 15 is 0 Å². The Balaban J connectivity index is 1.77. The first-order chi connectivity index (χ1) is 11.9. The Bertz CT molecular complexity index is 805. The molecule has 2 heterocycles. The molecule has 2 aromatic rings. The molecule has 2 amide bonds. The Morgan fingerprint density at radius 3 is 2.60 bits per heavy atom. The zero-order valence-corrected chi connectivity index (χ0v) is 15.1. The van der Waals surface area contributed by atoms with Crippen molar-refractivity contribution in [1.82, 2.24) is 9.88 Å². The average Bonchev–Trinajstić information content (AvgIpc) is 3.03. The molecule has 1 fully saturated rings. The predicted octanol–water partition coefficient (Wildman–Crippen LogP) is 3.94. The molecule has 1 aliphatic rings. The molecule has 0 spiro atoms. The van der Waals surface area contributed by atoms with Crippen LogP contribution in [0.5, 0.6) is 0 Å². The summed E-state index contributed by atoms with van der Waals surface area (Å²) in [5.74, 6) is -0.00794. The lowest BCUT2D eigenvalue weighted by Gasteiger charge is -2.24. The molecule has 0 saturated carbocycles. The van der Waals surface area contributed by atoms with Gasteiger partial charge in [-0.05, 0) is 55.7 Å². The summed E-state index contributed by atoms with van der Waals surface area (Å²) >= 11 is 12.0. The number of halogens is 2. The van der Waals surface area contributed by atoms with Crippen molar-refractivity contribution < 1.29 is 9.59 Å². The number of carbonyl (C=O) groups excluding carboxylic acids is 2. The van der Waals surface area contributed by atoms with Crippen LogP contribution in [0.1, 0.15) is 28.8 Å². The first-order valence-corrected chi connectivity index (χ1v) is 8.70. The number of benzene rings is 1. The van der Waals surface area contributed by atoms with Gasteiger partial charge in [-0.3, -0.25) is 9.59 Å². The van der Waals surface area contributed by atoms with Crippen molar-refractivity contribution in [2.24, 2.45) is 0 Å². The van der Waals surface area contributed by atoms with Crippen LogP contribution in [-0.2, 0) is 4.79 Å². The van der Waals surface area contributed by atoms with E-state index in [0.717, 1.165) is 12.0 Å². The zero-order valence-electron chi connectivity index (χ0n) is 13.6. The number of likely N-dealkylation sites (tertiary alicyclic amines) is 1. The lowest BCUT2D eigenvalue weighted by Crippen LogP contribution is -2.43. The van der Waals surface area contributed by atoms with Gasteiger partial charge in [0, 0.05) is 28.4 Å². The highest BCUT2D eigenvalue weighted by Crippen LogP contribution is 2.25. The standard InChI is InChI=1S/C18H17Cl2N3O2/c1-11-4-5-21-16(7-11)22-17(24)15-3-2-6-23(15)18(25)12-8-13(19)10-14(20)9-12/h4-5,7-10,15H,2-3,6H2,1H3,(H,21,22,24)/t15-/m1/s1. The topological polar surface area (TPSA) is 62.3 Å². The smallest absolute Gasteiger partial charge is 0.254 e. The minimum Gasteiger partial charge on any atom is -0.327 e. The highest BCUT2D eigenvalue weighted by atomic mass is 35.5. The van der Waals surface area contributed by atoms with E-state index in [9.17, 15) is 9.59 Å². The van der Waals surface area contributed by atoms with Crippen LogP contribution in [0.3, 0.4) is 0 Å². The summed E-state index contributed by atoms with van der Waals surface area (Å²) in [5.41, 5.74) is 1.38. The number of aromatic nitrogens is 1. The highest BCUT2D eigenvalue weighted by molar-refractivity contribution is 6.35. The third kappa shape index (κ3) is 4.11. The van der Waals surface area contributed by atoms with E-state index in [4.69, 9.17) is 23.2 Å². The van der Waals surface area contributed by atoms with Crippen molar-refractivity contribution in [3.63, 3.8) is 0 Å². The second-order valence-electron chi connectivity index (χ2n) is 6.02. The summed E-state index contributed by atoms with van der Waals surface area (Å²) in [5, 5.41) is 3.57. The molecule has 1 N–H and O–H groups in total. The molecule has 130 valence electrons. The molecular weight excluding hydrogens is 361 g/mol. The summed E-state index contributed by atoms with van der Waals surface area (Å²) in [6.45, 7) is 2.44. The summed E-state index contributed by atoms with van der Waals surface area (Å²) in [7, 11) is 0. The van der Waals surface area contributed by atoms with Crippen LogP contribution in [0.4, 0.5) is 5.82 Å². The molecule has 0 bridgehead atoms. The average molecular weight is 378 g/mol. The molecule has 0 aliphatic carbocycles. The number of aryl methyl sites for hydroxylation is 1. The van der Waals surface area contributed by atoms with Crippen LogP contribution in [0.2, 0.25) is 10.0 Å². The van der Waals surface area contributed by atoms with E-state index < -0.39 is 6.04 Å². The number of hydrogen-bond donors (Lipinski definition) is 1. The van der Waals surface area contributed by atoms with Crippen LogP contribution in [0, 0.1) is 6.92 Å². The molecule has 5 nitrogen and oxygen atoms in total. The van der Waals surface area contributed by atoms with Crippen molar-refractivity contribution in [2.75, 3.05) is 11.9 Å². The van der Waals surface area contributed by atoms with Crippen molar-refractivity contribution in [3.8, 4) is 0 Å². The monoisotopic (exact) mass is 377 g/mol. The van der Waals surface area contributed by atoms with Crippen molar-refractivity contribution >= 4 is 40.8 Å². The Kier molecular flexibility index (Phi) is 5.25. The Morgan fingerprint density at radius 1 is 1.20 bits per heavy atom. The van der Waals surface area contributed by atoms with Gasteiger partial charge in [0.1, 0.15) is 11.9 Å². The first-order valence-electron chi connectivity index (χ1n) is 7.94. The third-order valence-electron chi connectivity index (χ3n) is 4.09. The van der Waals surface area contributed by atoms with Gasteiger partial charge in [0.15, 0.2) is 0 Å². The van der Waals surface area contributed by atoms with Crippen LogP contribution in [0.15, 0.2) is 36.5 Å². The third-order valence-corrected chi connectivity index (χ3v) is 4.53. The Labute approximate surface area is 155 Å². The molecule has 7 heteroatoms. The number of rotatable bonds is 3. The van der Waals surface area contributed by atoms with Crippen LogP contribution in [0.25, 0.3) is 0 Å². The minimum absolute atomic E-state index is 0.239. The van der Waals surface area contributed by atoms with Crippen molar-refractivity contribution in [2.45, 2.75) is 25.8 Å². The largest absolute Gasteiger partial charge is 0.327 e. The van der Waals surface area contributed by atoms with Gasteiger partial charge in [-0.1, -0.05) is 23.2 Å². The summed E-state index contributed by atoms with van der Waals surface area (Å²) in [6, 6.07) is 7.79. The molecule has 1 aliphatic heterocycles. The quantitative estimate of drug-likeness (QED) is 0.880. The molecule has 1 saturated heterocycles. The van der Waals surface area contributed by atoms with Gasteiger partial charge in [-0.2, -0.15) is 0 Å². The maximum absolute atomic E-state index is 12.8. The number of carbonyl (C=O) groups is 2. The normalized spacial score (nSPS) is 16.8. The molecule has 3 rings (SSSR count). The summed E-state index contributed by atoms with van der Waals surface area (Å²) in [4.78, 5) is 31.1. The molecule has 1 aromatic heterocycles. The van der Waals surface area contributed by atoms with Gasteiger partial charge in [0.2, 0.25) is 5.91 Å². The van der Waals surface area contributed by atoms with E-state index in [1.165, 1.54) is 0 Å². The van der Waals surface area contributed by atoms with Crippen LogP contribution < -0.4 is 5.32 Å². The number of hydrogen-bond acceptors (Lipinski definition) is 3. The van der Waals surface area contributed by atoms with Gasteiger partial charge in [-0.15, -0.1) is 0 Å². The number of nitrogens with zero attached hydrogens (tertiary/aromatic N) is 2. The molecular formula is C18H17Cl2N3O2. The zero-order chi connectivity index (χ0) is 18.0. The fourth-order valence-corrected chi connectivity index (χ4v) is 3.47. The second kappa shape index (κ2) is 7.42. The van der Waals surface area contributed by atoms with E-state index in [-0.39, 0.29) is 11.8 Å². The molecule has 1 aromatic carbocycles. The van der Waals surface area contributed by atoms with Crippen LogP contribution in [-0.4, -0.2) is 34.3 Å². The van der Waals surface area contributed by atoms with E-state index in [1.54, 1.807) is 35.4 Å². The highest BCUT2D eigenvalue weighted by Gasteiger charge is 2.34. The number of amides is 2. The first kappa shape index (κ1) is 17.7. The van der Waals surface area contributed by atoms with Gasteiger partial charge < -0.3 is 10.2 Å². The Morgan fingerprint density at radius 2 is 1.92 bits per heavy atom. The van der Waals surface area contributed by atoms with E-state index in [0.29, 0.717) is 34.4 Å². The number of anilines is 1. The fourth-order valence-electron chi connectivity index (χ4n) is 2.94. The number of pyridine rings is 1. The van der Waals surface area contributed by atoms with E-state index in [1.807, 2.05) is 13.0 Å². The number of nitrogens with one attached hydrogen (secondary N) is 1. The molecule has 0 radical (unpaired) electrons. The van der Waals surface area contributed by atoms with Gasteiger partial charge in [0.05, 0.1) is 0 Å². The molecule has 0 unspecified atom stereocenters. The SMILES string of the molecule is Cc1ccnc(NC(=O)[C@H]2CCCN2C(=O)c2cc(Cl)cc(Cl)c2)c1. The van der Waals surface area contributed by atoms with Crippen molar-refractivity contribution in [1.29, 1.82) is 0 Å². The van der Waals surface area contributed by atoms with E-state index in [2.05, 4.69) is 10.3 Å². The lowest BCUT2D eigenvalue weighted by atomic mass is 10.1. The van der Waals surface area contributed by atoms with Gasteiger partial charge in [0.25, 0.3) is 5.91 Å². The second-order valence-corrected chi connectivity index (χ2v) is 6.90. The molecule has 1 atom stereocenters. The summed E-state index contributed by atoms with van der Waals surface area (Å²) in [6.07, 6.45) is 3.01. The maximum Gasteiger partial charge on any atom is 0.254 e. The Hall–Kier alpha value is -2.11. The fraction of sp³-hybridized carbons (Fsp3) is 0.278. The van der Waals surface area contributed by atoms with Crippen molar-refractivity contribution in [3.05, 3.63) is 57.7 Å². The van der Waals surface area contributed by atoms with Crippen LogP contribution >= 0.6 is 23.2 Å². The molecule has 25 heavy (non-hydrogen) atoms. The lowest BCUT2D eigenvalue weighted by molar-refractivity contribution is -0.119. The maximum atomic E-state index is 12.8. The van der Waals surface area contributed by atoms with Gasteiger partial charge in [-0.25, -0.2) is 4.98 Å². The predicted molar refractivity (Wildman–Crippen MR) is 98.1 cm³/mol.